The van der Waals surface area contributed by atoms with Crippen LogP contribution in [0.1, 0.15) is 17.3 Å². The van der Waals surface area contributed by atoms with Crippen molar-refractivity contribution in [3.63, 3.8) is 0 Å². The Morgan fingerprint density at radius 2 is 1.70 bits per heavy atom. The topological polar surface area (TPSA) is 128 Å². The van der Waals surface area contributed by atoms with Crippen LogP contribution in [0.25, 0.3) is 0 Å². The first-order valence-corrected chi connectivity index (χ1v) is 8.97. The maximum atomic E-state index is 13.7. The SMILES string of the molecule is C[C@H](Oc1ccc(F)cc1)C(=O)NNC(=O)c1cc(S(N)(=O)=O)ccc1F. The van der Waals surface area contributed by atoms with E-state index < -0.39 is 50.0 Å². The number of carbonyl (C=O) groups is 2. The van der Waals surface area contributed by atoms with Crippen LogP contribution in [0.5, 0.6) is 5.75 Å². The summed E-state index contributed by atoms with van der Waals surface area (Å²) in [7, 11) is -4.14. The van der Waals surface area contributed by atoms with Gasteiger partial charge >= 0.3 is 0 Å². The number of carbonyl (C=O) groups excluding carboxylic acids is 2. The van der Waals surface area contributed by atoms with Gasteiger partial charge in [-0.15, -0.1) is 0 Å². The molecule has 1 atom stereocenters. The molecule has 144 valence electrons. The molecule has 0 aliphatic heterocycles. The molecule has 8 nitrogen and oxygen atoms in total. The predicted octanol–water partition coefficient (Wildman–Crippen LogP) is 0.841. The van der Waals surface area contributed by atoms with E-state index in [-0.39, 0.29) is 5.75 Å². The van der Waals surface area contributed by atoms with Gasteiger partial charge in [0.15, 0.2) is 6.10 Å². The number of rotatable bonds is 5. The van der Waals surface area contributed by atoms with Gasteiger partial charge in [-0.3, -0.25) is 20.4 Å². The van der Waals surface area contributed by atoms with E-state index in [0.717, 1.165) is 30.3 Å². The highest BCUT2D eigenvalue weighted by Gasteiger charge is 2.19. The van der Waals surface area contributed by atoms with E-state index in [4.69, 9.17) is 9.88 Å². The number of hydrazine groups is 1. The summed E-state index contributed by atoms with van der Waals surface area (Å²) in [4.78, 5) is 23.4. The zero-order chi connectivity index (χ0) is 20.2. The van der Waals surface area contributed by atoms with Gasteiger partial charge in [-0.1, -0.05) is 0 Å². The van der Waals surface area contributed by atoms with E-state index in [9.17, 15) is 26.8 Å². The Morgan fingerprint density at radius 1 is 1.07 bits per heavy atom. The third-order valence-electron chi connectivity index (χ3n) is 3.31. The summed E-state index contributed by atoms with van der Waals surface area (Å²) < 4.78 is 54.4. The van der Waals surface area contributed by atoms with E-state index in [1.165, 1.54) is 19.1 Å². The van der Waals surface area contributed by atoms with Gasteiger partial charge in [-0.25, -0.2) is 22.3 Å². The van der Waals surface area contributed by atoms with Gasteiger partial charge in [0.25, 0.3) is 11.8 Å². The standard InChI is InChI=1S/C16H15F2N3O5S/c1-9(26-11-4-2-10(17)3-5-11)15(22)20-21-16(23)13-8-12(27(19,24)25)6-7-14(13)18/h2-9H,1H3,(H,20,22)(H,21,23)(H2,19,24,25)/t9-/m0/s1. The van der Waals surface area contributed by atoms with Crippen LogP contribution in [0.3, 0.4) is 0 Å². The second-order valence-corrected chi connectivity index (χ2v) is 6.91. The Morgan fingerprint density at radius 3 is 2.30 bits per heavy atom. The minimum Gasteiger partial charge on any atom is -0.481 e. The van der Waals surface area contributed by atoms with Crippen molar-refractivity contribution in [3.05, 3.63) is 59.7 Å². The average Bonchev–Trinajstić information content (AvgIpc) is 2.60. The van der Waals surface area contributed by atoms with Crippen LogP contribution in [-0.4, -0.2) is 26.3 Å². The van der Waals surface area contributed by atoms with Crippen molar-refractivity contribution in [2.45, 2.75) is 17.9 Å². The van der Waals surface area contributed by atoms with Crippen LogP contribution in [0.15, 0.2) is 47.4 Å². The molecule has 11 heteroatoms. The number of benzene rings is 2. The van der Waals surface area contributed by atoms with Gasteiger partial charge in [-0.2, -0.15) is 0 Å². The molecule has 0 aromatic heterocycles. The Labute approximate surface area is 153 Å². The van der Waals surface area contributed by atoms with Gasteiger partial charge in [0.2, 0.25) is 10.0 Å². The van der Waals surface area contributed by atoms with Crippen LogP contribution >= 0.6 is 0 Å². The molecule has 0 radical (unpaired) electrons. The number of nitrogens with two attached hydrogens (primary N) is 1. The molecular formula is C16H15F2N3O5S. The Kier molecular flexibility index (Phi) is 6.08. The third kappa shape index (κ3) is 5.46. The van der Waals surface area contributed by atoms with Crippen molar-refractivity contribution >= 4 is 21.8 Å². The maximum Gasteiger partial charge on any atom is 0.279 e. The lowest BCUT2D eigenvalue weighted by Gasteiger charge is -2.15. The number of nitrogens with one attached hydrogen (secondary N) is 2. The van der Waals surface area contributed by atoms with Crippen molar-refractivity contribution in [1.82, 2.24) is 10.9 Å². The lowest BCUT2D eigenvalue weighted by atomic mass is 10.2. The van der Waals surface area contributed by atoms with E-state index in [0.29, 0.717) is 0 Å². The molecule has 2 amide bonds. The molecule has 0 heterocycles. The van der Waals surface area contributed by atoms with Gasteiger partial charge < -0.3 is 4.74 Å². The molecule has 0 unspecified atom stereocenters. The van der Waals surface area contributed by atoms with E-state index in [2.05, 4.69) is 0 Å². The molecule has 0 saturated carbocycles. The lowest BCUT2D eigenvalue weighted by Crippen LogP contribution is -2.47. The van der Waals surface area contributed by atoms with E-state index in [1.807, 2.05) is 10.9 Å². The number of ether oxygens (including phenoxy) is 1. The van der Waals surface area contributed by atoms with Crippen molar-refractivity contribution < 1.29 is 31.5 Å². The fraction of sp³-hybridized carbons (Fsp3) is 0.125. The fourth-order valence-electron chi connectivity index (χ4n) is 1.91. The highest BCUT2D eigenvalue weighted by molar-refractivity contribution is 7.89. The summed E-state index contributed by atoms with van der Waals surface area (Å²) in [5, 5.41) is 4.93. The van der Waals surface area contributed by atoms with E-state index in [1.54, 1.807) is 0 Å². The smallest absolute Gasteiger partial charge is 0.279 e. The van der Waals surface area contributed by atoms with Crippen LogP contribution in [0.2, 0.25) is 0 Å². The minimum atomic E-state index is -4.14. The summed E-state index contributed by atoms with van der Waals surface area (Å²) in [6, 6.07) is 7.31. The number of primary sulfonamides is 1. The number of hydrogen-bond donors (Lipinski definition) is 3. The number of amides is 2. The van der Waals surface area contributed by atoms with Crippen LogP contribution in [-0.2, 0) is 14.8 Å². The van der Waals surface area contributed by atoms with Crippen LogP contribution in [0, 0.1) is 11.6 Å². The lowest BCUT2D eigenvalue weighted by molar-refractivity contribution is -0.128. The molecule has 27 heavy (non-hydrogen) atoms. The van der Waals surface area contributed by atoms with Gasteiger partial charge in [0, 0.05) is 0 Å². The monoisotopic (exact) mass is 399 g/mol. The van der Waals surface area contributed by atoms with Gasteiger partial charge in [0.05, 0.1) is 10.5 Å². The third-order valence-corrected chi connectivity index (χ3v) is 4.22. The van der Waals surface area contributed by atoms with Gasteiger partial charge in [0.1, 0.15) is 17.4 Å². The van der Waals surface area contributed by atoms with Crippen LogP contribution < -0.4 is 20.7 Å². The second-order valence-electron chi connectivity index (χ2n) is 5.34. The summed E-state index contributed by atoms with van der Waals surface area (Å²) in [5.74, 6) is -3.14. The molecule has 2 rings (SSSR count). The van der Waals surface area contributed by atoms with Crippen molar-refractivity contribution in [2.24, 2.45) is 5.14 Å². The second kappa shape index (κ2) is 8.10. The summed E-state index contributed by atoms with van der Waals surface area (Å²) in [6.45, 7) is 1.37. The Balaban J connectivity index is 2.00. The molecule has 0 saturated heterocycles. The molecule has 0 aliphatic rings. The fourth-order valence-corrected chi connectivity index (χ4v) is 2.45. The summed E-state index contributed by atoms with van der Waals surface area (Å²) in [6.07, 6.45) is -1.07. The zero-order valence-corrected chi connectivity index (χ0v) is 14.7. The molecule has 0 fully saturated rings. The zero-order valence-electron chi connectivity index (χ0n) is 13.9. The van der Waals surface area contributed by atoms with Crippen molar-refractivity contribution in [1.29, 1.82) is 0 Å². The molecule has 0 spiro atoms. The number of sulfonamides is 1. The van der Waals surface area contributed by atoms with Crippen molar-refractivity contribution in [3.8, 4) is 5.75 Å². The summed E-state index contributed by atoms with van der Waals surface area (Å²) >= 11 is 0. The first-order chi connectivity index (χ1) is 12.6. The highest BCUT2D eigenvalue weighted by Crippen LogP contribution is 2.14. The Hall–Kier alpha value is -3.05. The Bertz CT molecular complexity index is 965. The predicted molar refractivity (Wildman–Crippen MR) is 89.9 cm³/mol. The average molecular weight is 399 g/mol. The summed E-state index contributed by atoms with van der Waals surface area (Å²) in [5.41, 5.74) is 3.32. The molecule has 0 bridgehead atoms. The molecule has 2 aromatic carbocycles. The molecule has 2 aromatic rings. The van der Waals surface area contributed by atoms with Gasteiger partial charge in [-0.05, 0) is 49.4 Å². The molecule has 0 aliphatic carbocycles. The maximum absolute atomic E-state index is 13.7. The largest absolute Gasteiger partial charge is 0.481 e. The quantitative estimate of drug-likeness (QED) is 0.642. The highest BCUT2D eigenvalue weighted by atomic mass is 32.2. The van der Waals surface area contributed by atoms with Crippen molar-refractivity contribution in [2.75, 3.05) is 0 Å². The first kappa shape index (κ1) is 20.3. The molecular weight excluding hydrogens is 384 g/mol. The number of halogens is 2. The van der Waals surface area contributed by atoms with Crippen LogP contribution in [0.4, 0.5) is 8.78 Å². The first-order valence-electron chi connectivity index (χ1n) is 7.42. The normalized spacial score (nSPS) is 12.1. The number of hydrogen-bond acceptors (Lipinski definition) is 5. The minimum absolute atomic E-state index is 0.220. The van der Waals surface area contributed by atoms with E-state index >= 15 is 0 Å². The molecule has 4 N–H and O–H groups in total.